The number of pyridine rings is 1. The summed E-state index contributed by atoms with van der Waals surface area (Å²) in [7, 11) is 1.60. The van der Waals surface area contributed by atoms with E-state index in [-0.39, 0.29) is 17.3 Å². The molecule has 4 rings (SSSR count). The average Bonchev–Trinajstić information content (AvgIpc) is 2.74. The number of ether oxygens (including phenoxy) is 1. The van der Waals surface area contributed by atoms with Gasteiger partial charge in [0.2, 0.25) is 0 Å². The fourth-order valence-electron chi connectivity index (χ4n) is 3.63. The molecule has 0 bridgehead atoms. The van der Waals surface area contributed by atoms with Gasteiger partial charge in [-0.2, -0.15) is 0 Å². The molecule has 1 unspecified atom stereocenters. The van der Waals surface area contributed by atoms with E-state index < -0.39 is 11.5 Å². The Kier molecular flexibility index (Phi) is 4.99. The zero-order valence-corrected chi connectivity index (χ0v) is 15.9. The highest BCUT2D eigenvalue weighted by molar-refractivity contribution is 6.06. The van der Waals surface area contributed by atoms with Crippen LogP contribution in [0.25, 0.3) is 0 Å². The summed E-state index contributed by atoms with van der Waals surface area (Å²) < 4.78 is 5.18. The van der Waals surface area contributed by atoms with E-state index in [1.165, 1.54) is 6.07 Å². The highest BCUT2D eigenvalue weighted by Gasteiger charge is 2.29. The van der Waals surface area contributed by atoms with Crippen molar-refractivity contribution in [1.82, 2.24) is 4.98 Å². The van der Waals surface area contributed by atoms with E-state index in [0.717, 1.165) is 11.3 Å². The smallest absolute Gasteiger partial charge is 0.261 e. The van der Waals surface area contributed by atoms with Crippen molar-refractivity contribution in [3.63, 3.8) is 0 Å². The van der Waals surface area contributed by atoms with Crippen LogP contribution in [-0.4, -0.2) is 23.8 Å². The third-order valence-electron chi connectivity index (χ3n) is 5.17. The first-order chi connectivity index (χ1) is 14.0. The minimum atomic E-state index is -0.537. The fraction of sp³-hybridized carbons (Fsp3) is 0.174. The van der Waals surface area contributed by atoms with Gasteiger partial charge in [-0.3, -0.25) is 14.4 Å². The van der Waals surface area contributed by atoms with Gasteiger partial charge in [0.1, 0.15) is 11.3 Å². The van der Waals surface area contributed by atoms with Crippen molar-refractivity contribution in [2.24, 2.45) is 0 Å². The molecule has 0 radical (unpaired) electrons. The summed E-state index contributed by atoms with van der Waals surface area (Å²) in [5, 5.41) is 2.68. The number of H-pyrrole nitrogens is 1. The van der Waals surface area contributed by atoms with E-state index in [0.29, 0.717) is 29.8 Å². The van der Waals surface area contributed by atoms with Gasteiger partial charge >= 0.3 is 0 Å². The van der Waals surface area contributed by atoms with Gasteiger partial charge in [0.25, 0.3) is 11.5 Å². The fourth-order valence-corrected chi connectivity index (χ4v) is 3.63. The molecule has 1 aromatic heterocycles. The van der Waals surface area contributed by atoms with Gasteiger partial charge < -0.3 is 15.0 Å². The van der Waals surface area contributed by atoms with E-state index in [2.05, 4.69) is 10.3 Å². The second-order valence-electron chi connectivity index (χ2n) is 7.03. The standard InChI is InChI=1S/C23H20N2O4/c1-29-17-9-7-14(8-10-17)15-11-20-18(21(26)12-15)13-19(23(28)25-20)22(27)24-16-5-3-2-4-6-16/h2-10,13,15H,11-12H2,1H3,(H,24,27)(H,25,28). The van der Waals surface area contributed by atoms with E-state index in [1.54, 1.807) is 31.4 Å². The lowest BCUT2D eigenvalue weighted by Gasteiger charge is -2.24. The van der Waals surface area contributed by atoms with Gasteiger partial charge in [0.05, 0.1) is 7.11 Å². The lowest BCUT2D eigenvalue weighted by Crippen LogP contribution is -2.29. The van der Waals surface area contributed by atoms with Crippen LogP contribution in [0.3, 0.4) is 0 Å². The highest BCUT2D eigenvalue weighted by Crippen LogP contribution is 2.32. The molecule has 2 aromatic carbocycles. The number of methoxy groups -OCH3 is 1. The largest absolute Gasteiger partial charge is 0.497 e. The van der Waals surface area contributed by atoms with Crippen molar-refractivity contribution in [2.75, 3.05) is 12.4 Å². The molecule has 0 spiro atoms. The van der Waals surface area contributed by atoms with Crippen molar-refractivity contribution in [1.29, 1.82) is 0 Å². The predicted octanol–water partition coefficient (Wildman–Crippen LogP) is 3.55. The molecule has 1 aliphatic rings. The van der Waals surface area contributed by atoms with Gasteiger partial charge in [-0.25, -0.2) is 0 Å². The number of rotatable bonds is 4. The molecule has 0 fully saturated rings. The minimum absolute atomic E-state index is 0.0273. The molecule has 29 heavy (non-hydrogen) atoms. The van der Waals surface area contributed by atoms with Gasteiger partial charge in [-0.05, 0) is 48.2 Å². The molecule has 1 amide bonds. The van der Waals surface area contributed by atoms with E-state index in [9.17, 15) is 14.4 Å². The summed E-state index contributed by atoms with van der Waals surface area (Å²) in [4.78, 5) is 40.5. The SMILES string of the molecule is COc1ccc(C2CC(=O)c3cc(C(=O)Nc4ccccc4)c(=O)[nH]c3C2)cc1. The van der Waals surface area contributed by atoms with Crippen molar-refractivity contribution < 1.29 is 14.3 Å². The van der Waals surface area contributed by atoms with Crippen LogP contribution in [0.4, 0.5) is 5.69 Å². The van der Waals surface area contributed by atoms with Crippen molar-refractivity contribution in [3.05, 3.63) is 93.4 Å². The number of amides is 1. The molecule has 2 N–H and O–H groups in total. The zero-order valence-electron chi connectivity index (χ0n) is 15.9. The van der Waals surface area contributed by atoms with Crippen LogP contribution in [0.1, 0.15) is 44.3 Å². The summed E-state index contributed by atoms with van der Waals surface area (Å²) in [5.41, 5.74) is 2.01. The Morgan fingerprint density at radius 1 is 1.03 bits per heavy atom. The zero-order chi connectivity index (χ0) is 20.4. The molecule has 0 saturated carbocycles. The Balaban J connectivity index is 1.60. The maximum Gasteiger partial charge on any atom is 0.261 e. The van der Waals surface area contributed by atoms with Crippen molar-refractivity contribution in [3.8, 4) is 5.75 Å². The number of benzene rings is 2. The Morgan fingerprint density at radius 3 is 2.45 bits per heavy atom. The van der Waals surface area contributed by atoms with Gasteiger partial charge in [0.15, 0.2) is 5.78 Å². The van der Waals surface area contributed by atoms with Crippen molar-refractivity contribution in [2.45, 2.75) is 18.8 Å². The molecule has 1 atom stereocenters. The number of anilines is 1. The van der Waals surface area contributed by atoms with Crippen LogP contribution in [-0.2, 0) is 6.42 Å². The Labute approximate surface area is 167 Å². The number of hydrogen-bond donors (Lipinski definition) is 2. The molecule has 146 valence electrons. The van der Waals surface area contributed by atoms with Crippen LogP contribution >= 0.6 is 0 Å². The molecule has 1 heterocycles. The quantitative estimate of drug-likeness (QED) is 0.715. The number of carbonyl (C=O) groups is 2. The molecule has 6 heteroatoms. The van der Waals surface area contributed by atoms with E-state index >= 15 is 0 Å². The third kappa shape index (κ3) is 3.82. The Morgan fingerprint density at radius 2 is 1.76 bits per heavy atom. The summed E-state index contributed by atoms with van der Waals surface area (Å²) in [6.07, 6.45) is 0.855. The molecule has 3 aromatic rings. The number of hydrogen-bond acceptors (Lipinski definition) is 4. The molecule has 0 saturated heterocycles. The molecular formula is C23H20N2O4. The number of Topliss-reactive ketones (excluding diaryl/α,β-unsaturated/α-hetero) is 1. The lowest BCUT2D eigenvalue weighted by molar-refractivity contribution is 0.0963. The number of ketones is 1. The van der Waals surface area contributed by atoms with Crippen LogP contribution in [0.2, 0.25) is 0 Å². The van der Waals surface area contributed by atoms with Gasteiger partial charge in [-0.1, -0.05) is 30.3 Å². The number of carbonyl (C=O) groups excluding carboxylic acids is 2. The van der Waals surface area contributed by atoms with Gasteiger partial charge in [0, 0.05) is 23.4 Å². The summed E-state index contributed by atoms with van der Waals surface area (Å²) >= 11 is 0. The number of para-hydroxylation sites is 1. The molecular weight excluding hydrogens is 368 g/mol. The second kappa shape index (κ2) is 7.75. The average molecular weight is 388 g/mol. The maximum absolute atomic E-state index is 12.8. The predicted molar refractivity (Wildman–Crippen MR) is 110 cm³/mol. The number of aromatic nitrogens is 1. The van der Waals surface area contributed by atoms with Crippen molar-refractivity contribution >= 4 is 17.4 Å². The summed E-state index contributed by atoms with van der Waals surface area (Å²) in [5.74, 6) is 0.0988. The normalized spacial score (nSPS) is 15.5. The Bertz CT molecular complexity index is 1120. The number of aromatic amines is 1. The van der Waals surface area contributed by atoms with Gasteiger partial charge in [-0.15, -0.1) is 0 Å². The highest BCUT2D eigenvalue weighted by atomic mass is 16.5. The van der Waals surface area contributed by atoms with E-state index in [4.69, 9.17) is 4.74 Å². The first-order valence-corrected chi connectivity index (χ1v) is 9.35. The molecule has 6 nitrogen and oxygen atoms in total. The first kappa shape index (κ1) is 18.7. The maximum atomic E-state index is 12.8. The van der Waals surface area contributed by atoms with Crippen LogP contribution in [0.5, 0.6) is 5.75 Å². The van der Waals surface area contributed by atoms with E-state index in [1.807, 2.05) is 30.3 Å². The number of nitrogens with one attached hydrogen (secondary N) is 2. The summed E-state index contributed by atoms with van der Waals surface area (Å²) in [6.45, 7) is 0. The van der Waals surface area contributed by atoms with Crippen LogP contribution in [0, 0.1) is 0 Å². The Hall–Kier alpha value is -3.67. The first-order valence-electron chi connectivity index (χ1n) is 9.35. The number of fused-ring (bicyclic) bond motifs is 1. The second-order valence-corrected chi connectivity index (χ2v) is 7.03. The summed E-state index contributed by atoms with van der Waals surface area (Å²) in [6, 6.07) is 17.9. The molecule has 1 aliphatic carbocycles. The van der Waals surface area contributed by atoms with Crippen LogP contribution in [0.15, 0.2) is 65.5 Å². The third-order valence-corrected chi connectivity index (χ3v) is 5.17. The minimum Gasteiger partial charge on any atom is -0.497 e. The topological polar surface area (TPSA) is 88.3 Å². The molecule has 0 aliphatic heterocycles. The lowest BCUT2D eigenvalue weighted by atomic mass is 9.81. The van der Waals surface area contributed by atoms with Crippen LogP contribution < -0.4 is 15.6 Å². The monoisotopic (exact) mass is 388 g/mol.